The minimum absolute atomic E-state index is 0.0934. The van der Waals surface area contributed by atoms with Crippen molar-refractivity contribution in [3.8, 4) is 0 Å². The zero-order valence-corrected chi connectivity index (χ0v) is 11.9. The van der Waals surface area contributed by atoms with Crippen LogP contribution >= 0.6 is 27.5 Å². The van der Waals surface area contributed by atoms with Crippen LogP contribution in [0.15, 0.2) is 16.6 Å². The SMILES string of the molecule is CC(C)(C)OC(=O)Nc1c(F)cc(Br)cc1Cl. The van der Waals surface area contributed by atoms with Crippen LogP contribution < -0.4 is 5.32 Å². The fraction of sp³-hybridized carbons (Fsp3) is 0.364. The topological polar surface area (TPSA) is 38.3 Å². The molecule has 94 valence electrons. The first-order valence-electron chi connectivity index (χ1n) is 4.83. The molecule has 6 heteroatoms. The molecule has 17 heavy (non-hydrogen) atoms. The van der Waals surface area contributed by atoms with E-state index >= 15 is 0 Å². The largest absolute Gasteiger partial charge is 0.444 e. The molecule has 0 radical (unpaired) electrons. The summed E-state index contributed by atoms with van der Waals surface area (Å²) in [6.45, 7) is 5.14. The lowest BCUT2D eigenvalue weighted by atomic mass is 10.2. The fourth-order valence-electron chi connectivity index (χ4n) is 1.07. The molecule has 0 atom stereocenters. The number of hydrogen-bond acceptors (Lipinski definition) is 2. The number of anilines is 1. The van der Waals surface area contributed by atoms with E-state index in [0.717, 1.165) is 0 Å². The second-order valence-electron chi connectivity index (χ2n) is 4.37. The third-order valence-electron chi connectivity index (χ3n) is 1.63. The van der Waals surface area contributed by atoms with Crippen molar-refractivity contribution in [3.63, 3.8) is 0 Å². The van der Waals surface area contributed by atoms with Crippen LogP contribution in [0, 0.1) is 5.82 Å². The van der Waals surface area contributed by atoms with Gasteiger partial charge in [0, 0.05) is 4.47 Å². The fourth-order valence-corrected chi connectivity index (χ4v) is 1.88. The average molecular weight is 325 g/mol. The number of hydrogen-bond donors (Lipinski definition) is 1. The number of carbonyl (C=O) groups is 1. The van der Waals surface area contributed by atoms with Gasteiger partial charge in [-0.1, -0.05) is 27.5 Å². The van der Waals surface area contributed by atoms with Crippen molar-refractivity contribution >= 4 is 39.3 Å². The van der Waals surface area contributed by atoms with E-state index in [2.05, 4.69) is 21.2 Å². The molecular weight excluding hydrogens is 312 g/mol. The molecule has 0 aliphatic carbocycles. The molecule has 0 aliphatic rings. The van der Waals surface area contributed by atoms with Gasteiger partial charge >= 0.3 is 6.09 Å². The van der Waals surface area contributed by atoms with Crippen molar-refractivity contribution in [2.24, 2.45) is 0 Å². The van der Waals surface area contributed by atoms with E-state index in [1.165, 1.54) is 12.1 Å². The number of carbonyl (C=O) groups excluding carboxylic acids is 1. The highest BCUT2D eigenvalue weighted by Gasteiger charge is 2.19. The van der Waals surface area contributed by atoms with Gasteiger partial charge in [0.05, 0.1) is 10.7 Å². The Morgan fingerprint density at radius 2 is 2.06 bits per heavy atom. The molecule has 3 nitrogen and oxygen atoms in total. The Bertz CT molecular complexity index is 423. The Hall–Kier alpha value is -0.810. The molecule has 1 N–H and O–H groups in total. The minimum atomic E-state index is -0.749. The van der Waals surface area contributed by atoms with E-state index in [9.17, 15) is 9.18 Å². The first-order valence-corrected chi connectivity index (χ1v) is 6.00. The molecule has 0 saturated carbocycles. The maximum Gasteiger partial charge on any atom is 0.412 e. The van der Waals surface area contributed by atoms with Gasteiger partial charge in [0.25, 0.3) is 0 Å². The van der Waals surface area contributed by atoms with Crippen molar-refractivity contribution < 1.29 is 13.9 Å². The third kappa shape index (κ3) is 4.52. The lowest BCUT2D eigenvalue weighted by Gasteiger charge is -2.20. The van der Waals surface area contributed by atoms with Gasteiger partial charge in [-0.15, -0.1) is 0 Å². The predicted molar refractivity (Wildman–Crippen MR) is 69.0 cm³/mol. The van der Waals surface area contributed by atoms with Gasteiger partial charge in [-0.25, -0.2) is 9.18 Å². The van der Waals surface area contributed by atoms with Crippen molar-refractivity contribution in [2.75, 3.05) is 5.32 Å². The molecule has 0 aliphatic heterocycles. The summed E-state index contributed by atoms with van der Waals surface area (Å²) in [6.07, 6.45) is -0.749. The van der Waals surface area contributed by atoms with Crippen LogP contribution in [0.4, 0.5) is 14.9 Å². The molecule has 0 heterocycles. The average Bonchev–Trinajstić information content (AvgIpc) is 2.08. The molecule has 0 aromatic heterocycles. The molecule has 1 aromatic rings. The third-order valence-corrected chi connectivity index (χ3v) is 2.39. The molecule has 1 amide bonds. The number of nitrogens with one attached hydrogen (secondary N) is 1. The summed E-state index contributed by atoms with van der Waals surface area (Å²) in [5.41, 5.74) is -0.744. The molecule has 1 aromatic carbocycles. The van der Waals surface area contributed by atoms with Crippen LogP contribution in [0.1, 0.15) is 20.8 Å². The highest BCUT2D eigenvalue weighted by Crippen LogP contribution is 2.29. The molecule has 0 bridgehead atoms. The number of ether oxygens (including phenoxy) is 1. The van der Waals surface area contributed by atoms with Crippen LogP contribution in [-0.2, 0) is 4.74 Å². The minimum Gasteiger partial charge on any atom is -0.444 e. The summed E-state index contributed by atoms with van der Waals surface area (Å²) in [7, 11) is 0. The molecule has 0 fully saturated rings. The van der Waals surface area contributed by atoms with Gasteiger partial charge in [0.1, 0.15) is 11.4 Å². The summed E-state index contributed by atoms with van der Waals surface area (Å²) < 4.78 is 19.0. The van der Waals surface area contributed by atoms with Crippen LogP contribution in [0.2, 0.25) is 5.02 Å². The van der Waals surface area contributed by atoms with Crippen LogP contribution in [0.25, 0.3) is 0 Å². The molecule has 0 spiro atoms. The molecule has 1 rings (SSSR count). The number of rotatable bonds is 1. The van der Waals surface area contributed by atoms with E-state index in [0.29, 0.717) is 4.47 Å². The second kappa shape index (κ2) is 5.23. The number of benzene rings is 1. The normalized spacial score (nSPS) is 11.2. The quantitative estimate of drug-likeness (QED) is 0.820. The first kappa shape index (κ1) is 14.3. The van der Waals surface area contributed by atoms with E-state index in [-0.39, 0.29) is 10.7 Å². The number of amides is 1. The molecular formula is C11H12BrClFNO2. The maximum atomic E-state index is 13.5. The van der Waals surface area contributed by atoms with E-state index in [1.807, 2.05) is 0 Å². The highest BCUT2D eigenvalue weighted by molar-refractivity contribution is 9.10. The van der Waals surface area contributed by atoms with Crippen molar-refractivity contribution in [1.82, 2.24) is 0 Å². The monoisotopic (exact) mass is 323 g/mol. The maximum absolute atomic E-state index is 13.5. The van der Waals surface area contributed by atoms with Crippen LogP contribution in [0.3, 0.4) is 0 Å². The van der Waals surface area contributed by atoms with Gasteiger partial charge in [-0.2, -0.15) is 0 Å². The van der Waals surface area contributed by atoms with Gasteiger partial charge in [0.2, 0.25) is 0 Å². The van der Waals surface area contributed by atoms with Gasteiger partial charge in [-0.3, -0.25) is 5.32 Å². The van der Waals surface area contributed by atoms with Crippen molar-refractivity contribution in [2.45, 2.75) is 26.4 Å². The first-order chi connectivity index (χ1) is 7.69. The lowest BCUT2D eigenvalue weighted by Crippen LogP contribution is -2.27. The standard InChI is InChI=1S/C11H12BrClFNO2/c1-11(2,3)17-10(16)15-9-7(13)4-6(12)5-8(9)14/h4-5H,1-3H3,(H,15,16). The van der Waals surface area contributed by atoms with Gasteiger partial charge in [-0.05, 0) is 32.9 Å². The smallest absolute Gasteiger partial charge is 0.412 e. The summed E-state index contributed by atoms with van der Waals surface area (Å²) in [5, 5.41) is 2.37. The summed E-state index contributed by atoms with van der Waals surface area (Å²) in [6, 6.07) is 2.69. The Morgan fingerprint density at radius 3 is 2.53 bits per heavy atom. The molecule has 0 saturated heterocycles. The predicted octanol–water partition coefficient (Wildman–Crippen LogP) is 4.59. The lowest BCUT2D eigenvalue weighted by molar-refractivity contribution is 0.0635. The Kier molecular flexibility index (Phi) is 4.38. The zero-order chi connectivity index (χ0) is 13.2. The molecule has 0 unspecified atom stereocenters. The van der Waals surface area contributed by atoms with E-state index in [4.69, 9.17) is 16.3 Å². The van der Waals surface area contributed by atoms with Crippen molar-refractivity contribution in [3.05, 3.63) is 27.4 Å². The summed E-state index contributed by atoms with van der Waals surface area (Å²) in [5.74, 6) is -0.629. The van der Waals surface area contributed by atoms with Crippen LogP contribution in [-0.4, -0.2) is 11.7 Å². The summed E-state index contributed by atoms with van der Waals surface area (Å²) in [4.78, 5) is 11.4. The van der Waals surface area contributed by atoms with Gasteiger partial charge < -0.3 is 4.74 Å². The van der Waals surface area contributed by atoms with Crippen molar-refractivity contribution in [1.29, 1.82) is 0 Å². The van der Waals surface area contributed by atoms with Gasteiger partial charge in [0.15, 0.2) is 0 Å². The van der Waals surface area contributed by atoms with Crippen LogP contribution in [0.5, 0.6) is 0 Å². The number of halogens is 3. The second-order valence-corrected chi connectivity index (χ2v) is 5.69. The Balaban J connectivity index is 2.86. The Labute approximate surface area is 112 Å². The zero-order valence-electron chi connectivity index (χ0n) is 9.61. The summed E-state index contributed by atoms with van der Waals surface area (Å²) >= 11 is 8.90. The highest BCUT2D eigenvalue weighted by atomic mass is 79.9. The Morgan fingerprint density at radius 1 is 1.47 bits per heavy atom. The van der Waals surface area contributed by atoms with E-state index < -0.39 is 17.5 Å². The van der Waals surface area contributed by atoms with E-state index in [1.54, 1.807) is 20.8 Å².